The third-order valence-corrected chi connectivity index (χ3v) is 5.62. The fourth-order valence-corrected chi connectivity index (χ4v) is 4.10. The van der Waals surface area contributed by atoms with E-state index in [0.29, 0.717) is 34.0 Å². The Morgan fingerprint density at radius 3 is 2.50 bits per heavy atom. The van der Waals surface area contributed by atoms with Crippen LogP contribution in [-0.4, -0.2) is 34.9 Å². The van der Waals surface area contributed by atoms with Gasteiger partial charge in [0.15, 0.2) is 0 Å². The molecule has 1 fully saturated rings. The lowest BCUT2D eigenvalue weighted by Crippen LogP contribution is -2.27. The lowest BCUT2D eigenvalue weighted by atomic mass is 10.2. The van der Waals surface area contributed by atoms with Crippen LogP contribution < -0.4 is 9.47 Å². The highest BCUT2D eigenvalue weighted by molar-refractivity contribution is 8.26. The SMILES string of the molecule is CCN1C(=O)C(=Cc2cccc(OCCCOc3ccc(Cl)cc3)c2)SC1=S. The lowest BCUT2D eigenvalue weighted by Gasteiger charge is -2.10. The summed E-state index contributed by atoms with van der Waals surface area (Å²) in [4.78, 5) is 14.6. The molecule has 3 rings (SSSR count). The van der Waals surface area contributed by atoms with Crippen LogP contribution in [0.25, 0.3) is 6.08 Å². The van der Waals surface area contributed by atoms with Crippen LogP contribution in [0.5, 0.6) is 11.5 Å². The highest BCUT2D eigenvalue weighted by Gasteiger charge is 2.30. The average Bonchev–Trinajstić information content (AvgIpc) is 2.96. The van der Waals surface area contributed by atoms with E-state index < -0.39 is 0 Å². The molecule has 1 aliphatic rings. The summed E-state index contributed by atoms with van der Waals surface area (Å²) in [6.45, 7) is 3.60. The summed E-state index contributed by atoms with van der Waals surface area (Å²) in [5.74, 6) is 1.50. The molecule has 0 aliphatic carbocycles. The van der Waals surface area contributed by atoms with E-state index in [4.69, 9.17) is 33.3 Å². The molecule has 1 aliphatic heterocycles. The molecule has 0 aromatic heterocycles. The van der Waals surface area contributed by atoms with E-state index in [1.807, 2.05) is 49.4 Å². The van der Waals surface area contributed by atoms with Crippen LogP contribution in [0, 0.1) is 0 Å². The van der Waals surface area contributed by atoms with Gasteiger partial charge in [-0.2, -0.15) is 0 Å². The van der Waals surface area contributed by atoms with Crippen molar-refractivity contribution in [3.8, 4) is 11.5 Å². The summed E-state index contributed by atoms with van der Waals surface area (Å²) < 4.78 is 12.1. The number of ether oxygens (including phenoxy) is 2. The van der Waals surface area contributed by atoms with E-state index in [-0.39, 0.29) is 5.91 Å². The first-order valence-electron chi connectivity index (χ1n) is 8.93. The number of rotatable bonds is 8. The number of amides is 1. The van der Waals surface area contributed by atoms with E-state index >= 15 is 0 Å². The van der Waals surface area contributed by atoms with Crippen molar-refractivity contribution in [3.05, 3.63) is 64.0 Å². The zero-order valence-corrected chi connectivity index (χ0v) is 17.8. The second kappa shape index (κ2) is 9.96. The van der Waals surface area contributed by atoms with Gasteiger partial charge in [-0.1, -0.05) is 47.7 Å². The zero-order chi connectivity index (χ0) is 19.9. The first-order valence-corrected chi connectivity index (χ1v) is 10.5. The Hall–Kier alpha value is -2.02. The lowest BCUT2D eigenvalue weighted by molar-refractivity contribution is -0.121. The molecule has 2 aromatic carbocycles. The molecule has 7 heteroatoms. The van der Waals surface area contributed by atoms with E-state index in [0.717, 1.165) is 23.5 Å². The number of nitrogens with zero attached hydrogens (tertiary/aromatic N) is 1. The van der Waals surface area contributed by atoms with Crippen LogP contribution in [0.3, 0.4) is 0 Å². The van der Waals surface area contributed by atoms with Crippen molar-refractivity contribution in [1.29, 1.82) is 0 Å². The van der Waals surface area contributed by atoms with Gasteiger partial charge in [0.05, 0.1) is 18.1 Å². The van der Waals surface area contributed by atoms with Gasteiger partial charge < -0.3 is 9.47 Å². The minimum atomic E-state index is -0.0387. The number of benzene rings is 2. The maximum absolute atomic E-state index is 12.3. The van der Waals surface area contributed by atoms with Gasteiger partial charge in [-0.05, 0) is 55.0 Å². The highest BCUT2D eigenvalue weighted by Crippen LogP contribution is 2.32. The van der Waals surface area contributed by atoms with E-state index in [9.17, 15) is 4.79 Å². The molecule has 1 amide bonds. The number of halogens is 1. The Bertz CT molecular complexity index is 883. The van der Waals surface area contributed by atoms with Gasteiger partial charge >= 0.3 is 0 Å². The maximum atomic E-state index is 12.3. The van der Waals surface area contributed by atoms with Gasteiger partial charge in [-0.3, -0.25) is 9.69 Å². The predicted molar refractivity (Wildman–Crippen MR) is 119 cm³/mol. The summed E-state index contributed by atoms with van der Waals surface area (Å²) in [5.41, 5.74) is 0.909. The minimum Gasteiger partial charge on any atom is -0.493 e. The van der Waals surface area contributed by atoms with E-state index in [1.54, 1.807) is 17.0 Å². The Balaban J connectivity index is 1.50. The van der Waals surface area contributed by atoms with Gasteiger partial charge in [0, 0.05) is 18.0 Å². The number of carbonyl (C=O) groups is 1. The highest BCUT2D eigenvalue weighted by atomic mass is 35.5. The molecule has 4 nitrogen and oxygen atoms in total. The number of hydrogen-bond donors (Lipinski definition) is 0. The Kier molecular flexibility index (Phi) is 7.36. The van der Waals surface area contributed by atoms with Gasteiger partial charge in [0.2, 0.25) is 0 Å². The van der Waals surface area contributed by atoms with Crippen LogP contribution in [0.2, 0.25) is 5.02 Å². The van der Waals surface area contributed by atoms with Crippen molar-refractivity contribution in [2.24, 2.45) is 0 Å². The largest absolute Gasteiger partial charge is 0.493 e. The first-order chi connectivity index (χ1) is 13.6. The summed E-state index contributed by atoms with van der Waals surface area (Å²) in [5, 5.41) is 0.687. The van der Waals surface area contributed by atoms with Crippen molar-refractivity contribution in [2.45, 2.75) is 13.3 Å². The predicted octanol–water partition coefficient (Wildman–Crippen LogP) is 5.41. The molecule has 0 atom stereocenters. The third-order valence-electron chi connectivity index (χ3n) is 3.99. The molecule has 1 saturated heterocycles. The van der Waals surface area contributed by atoms with Crippen molar-refractivity contribution in [2.75, 3.05) is 19.8 Å². The fourth-order valence-electron chi connectivity index (χ4n) is 2.59. The molecule has 0 N–H and O–H groups in total. The van der Waals surface area contributed by atoms with Crippen LogP contribution in [0.1, 0.15) is 18.9 Å². The summed E-state index contributed by atoms with van der Waals surface area (Å²) >= 11 is 12.4. The van der Waals surface area contributed by atoms with Crippen molar-refractivity contribution in [1.82, 2.24) is 4.90 Å². The van der Waals surface area contributed by atoms with Crippen LogP contribution >= 0.6 is 35.6 Å². The molecule has 28 heavy (non-hydrogen) atoms. The van der Waals surface area contributed by atoms with Crippen molar-refractivity contribution >= 4 is 51.9 Å². The zero-order valence-electron chi connectivity index (χ0n) is 15.4. The quantitative estimate of drug-likeness (QED) is 0.316. The molecule has 146 valence electrons. The number of thiocarbonyl (C=S) groups is 1. The number of likely N-dealkylation sites (N-methyl/N-ethyl adjacent to an activating group) is 1. The number of hydrogen-bond acceptors (Lipinski definition) is 5. The van der Waals surface area contributed by atoms with Gasteiger partial charge in [-0.15, -0.1) is 0 Å². The van der Waals surface area contributed by atoms with Crippen LogP contribution in [-0.2, 0) is 4.79 Å². The Labute approximate surface area is 179 Å². The topological polar surface area (TPSA) is 38.8 Å². The second-order valence-electron chi connectivity index (χ2n) is 6.00. The molecule has 0 spiro atoms. The number of carbonyl (C=O) groups excluding carboxylic acids is 1. The second-order valence-corrected chi connectivity index (χ2v) is 8.12. The smallest absolute Gasteiger partial charge is 0.266 e. The molecule has 0 radical (unpaired) electrons. The average molecular weight is 434 g/mol. The first kappa shape index (κ1) is 20.7. The molecule has 0 unspecified atom stereocenters. The molecule has 2 aromatic rings. The van der Waals surface area contributed by atoms with Crippen LogP contribution in [0.4, 0.5) is 0 Å². The van der Waals surface area contributed by atoms with Crippen molar-refractivity contribution < 1.29 is 14.3 Å². The monoisotopic (exact) mass is 433 g/mol. The molecule has 0 bridgehead atoms. The standard InChI is InChI=1S/C21H20ClNO3S2/c1-2-23-20(24)19(28-21(23)27)14-15-5-3-6-18(13-15)26-12-4-11-25-17-9-7-16(22)8-10-17/h3,5-10,13-14H,2,4,11-12H2,1H3. The summed E-state index contributed by atoms with van der Waals surface area (Å²) in [6, 6.07) is 14.9. The van der Waals surface area contributed by atoms with Gasteiger partial charge in [0.1, 0.15) is 15.8 Å². The van der Waals surface area contributed by atoms with E-state index in [1.165, 1.54) is 11.8 Å². The third kappa shape index (κ3) is 5.50. The Morgan fingerprint density at radius 2 is 1.82 bits per heavy atom. The molecular formula is C21H20ClNO3S2. The summed E-state index contributed by atoms with van der Waals surface area (Å²) in [6.07, 6.45) is 2.60. The fraction of sp³-hybridized carbons (Fsp3) is 0.238. The van der Waals surface area contributed by atoms with Gasteiger partial charge in [-0.25, -0.2) is 0 Å². The Morgan fingerprint density at radius 1 is 1.11 bits per heavy atom. The molecule has 1 heterocycles. The van der Waals surface area contributed by atoms with Crippen LogP contribution in [0.15, 0.2) is 53.4 Å². The van der Waals surface area contributed by atoms with Crippen molar-refractivity contribution in [3.63, 3.8) is 0 Å². The number of thioether (sulfide) groups is 1. The molecular weight excluding hydrogens is 414 g/mol. The van der Waals surface area contributed by atoms with E-state index in [2.05, 4.69) is 0 Å². The van der Waals surface area contributed by atoms with Gasteiger partial charge in [0.25, 0.3) is 5.91 Å². The summed E-state index contributed by atoms with van der Waals surface area (Å²) in [7, 11) is 0. The maximum Gasteiger partial charge on any atom is 0.266 e. The normalized spacial score (nSPS) is 15.4. The molecule has 0 saturated carbocycles. The minimum absolute atomic E-state index is 0.0387.